The second-order valence-electron chi connectivity index (χ2n) is 10.4. The van der Waals surface area contributed by atoms with Crippen LogP contribution in [0.15, 0.2) is 78.9 Å². The van der Waals surface area contributed by atoms with Gasteiger partial charge in [0, 0.05) is 26.1 Å². The Morgan fingerprint density at radius 1 is 0.902 bits per heavy atom. The van der Waals surface area contributed by atoms with Gasteiger partial charge in [0.25, 0.3) is 0 Å². The number of hydrogen-bond donors (Lipinski definition) is 1. The number of amides is 4. The van der Waals surface area contributed by atoms with Crippen LogP contribution in [0.25, 0.3) is 0 Å². The molecule has 3 aliphatic rings. The van der Waals surface area contributed by atoms with Crippen LogP contribution in [0.2, 0.25) is 0 Å². The van der Waals surface area contributed by atoms with Gasteiger partial charge in [0.05, 0.1) is 13.1 Å². The first-order chi connectivity index (χ1) is 20.0. The van der Waals surface area contributed by atoms with Crippen molar-refractivity contribution in [3.63, 3.8) is 0 Å². The summed E-state index contributed by atoms with van der Waals surface area (Å²) in [5.41, 5.74) is 2.79. The van der Waals surface area contributed by atoms with Crippen molar-refractivity contribution in [3.05, 3.63) is 95.6 Å². The van der Waals surface area contributed by atoms with Gasteiger partial charge in [-0.3, -0.25) is 9.59 Å². The van der Waals surface area contributed by atoms with Crippen LogP contribution in [0.5, 0.6) is 11.5 Å². The maximum Gasteiger partial charge on any atom is 0.334 e. The summed E-state index contributed by atoms with van der Waals surface area (Å²) in [7, 11) is 0. The number of benzene rings is 3. The number of urea groups is 1. The minimum Gasteiger partial charge on any atom is -0.454 e. The molecule has 6 rings (SSSR count). The highest BCUT2D eigenvalue weighted by Crippen LogP contribution is 2.34. The molecular weight excluding hydrogens is 522 g/mol. The van der Waals surface area contributed by atoms with Gasteiger partial charge in [0.15, 0.2) is 11.5 Å². The van der Waals surface area contributed by atoms with Crippen LogP contribution >= 0.6 is 0 Å². The van der Waals surface area contributed by atoms with Gasteiger partial charge in [0.2, 0.25) is 18.6 Å². The summed E-state index contributed by atoms with van der Waals surface area (Å²) in [5.74, 6) is 0.998. The zero-order chi connectivity index (χ0) is 28.3. The van der Waals surface area contributed by atoms with Gasteiger partial charge >= 0.3 is 6.03 Å². The molecule has 2 fully saturated rings. The van der Waals surface area contributed by atoms with E-state index in [2.05, 4.69) is 5.32 Å². The van der Waals surface area contributed by atoms with Crippen LogP contribution in [0, 0.1) is 0 Å². The number of ether oxygens (including phenoxy) is 2. The zero-order valence-electron chi connectivity index (χ0n) is 22.9. The fourth-order valence-electron chi connectivity index (χ4n) is 5.76. The number of hydrogen-bond acceptors (Lipinski definition) is 6. The van der Waals surface area contributed by atoms with Crippen LogP contribution in [0.3, 0.4) is 0 Å². The molecule has 10 heteroatoms. The lowest BCUT2D eigenvalue weighted by atomic mass is 9.98. The lowest BCUT2D eigenvalue weighted by molar-refractivity contribution is -0.190. The van der Waals surface area contributed by atoms with Crippen molar-refractivity contribution < 1.29 is 23.9 Å². The molecular formula is C31H33N5O5. The van der Waals surface area contributed by atoms with E-state index in [-0.39, 0.29) is 37.7 Å². The molecule has 0 radical (unpaired) electrons. The molecule has 10 nitrogen and oxygen atoms in total. The average molecular weight is 556 g/mol. The number of rotatable bonds is 7. The Morgan fingerprint density at radius 2 is 1.61 bits per heavy atom. The van der Waals surface area contributed by atoms with Crippen molar-refractivity contribution in [1.29, 1.82) is 0 Å². The SMILES string of the molecule is CCN1CC(=O)N2[C@@H](Cc3ccccc3)C(=O)N(Cc3ccc4c(c3)OCO4)C[C@@H]2N1C(=O)NCc1ccccc1. The lowest BCUT2D eigenvalue weighted by Crippen LogP contribution is -2.76. The molecule has 1 N–H and O–H groups in total. The van der Waals surface area contributed by atoms with Crippen LogP contribution < -0.4 is 14.8 Å². The number of carbonyl (C=O) groups excluding carboxylic acids is 3. The number of fused-ring (bicyclic) bond motifs is 2. The third-order valence-electron chi connectivity index (χ3n) is 7.77. The predicted octanol–water partition coefficient (Wildman–Crippen LogP) is 2.99. The molecule has 0 saturated carbocycles. The Morgan fingerprint density at radius 3 is 2.34 bits per heavy atom. The monoisotopic (exact) mass is 555 g/mol. The summed E-state index contributed by atoms with van der Waals surface area (Å²) < 4.78 is 11.0. The molecule has 0 bridgehead atoms. The van der Waals surface area contributed by atoms with Crippen molar-refractivity contribution in [3.8, 4) is 11.5 Å². The second kappa shape index (κ2) is 11.5. The van der Waals surface area contributed by atoms with Crippen molar-refractivity contribution in [2.45, 2.75) is 38.6 Å². The van der Waals surface area contributed by atoms with Crippen LogP contribution in [-0.4, -0.2) is 76.3 Å². The van der Waals surface area contributed by atoms with E-state index in [9.17, 15) is 14.4 Å². The summed E-state index contributed by atoms with van der Waals surface area (Å²) in [5, 5.41) is 6.41. The zero-order valence-corrected chi connectivity index (χ0v) is 22.9. The fraction of sp³-hybridized carbons (Fsp3) is 0.323. The van der Waals surface area contributed by atoms with E-state index >= 15 is 0 Å². The van der Waals surface area contributed by atoms with E-state index in [0.717, 1.165) is 16.7 Å². The number of nitrogens with one attached hydrogen (secondary N) is 1. The first-order valence-electron chi connectivity index (χ1n) is 13.9. The Kier molecular flexibility index (Phi) is 7.47. The highest BCUT2D eigenvalue weighted by molar-refractivity contribution is 5.91. The van der Waals surface area contributed by atoms with Crippen molar-refractivity contribution in [1.82, 2.24) is 25.1 Å². The van der Waals surface area contributed by atoms with Gasteiger partial charge in [-0.05, 0) is 28.8 Å². The van der Waals surface area contributed by atoms with Gasteiger partial charge < -0.3 is 24.6 Å². The summed E-state index contributed by atoms with van der Waals surface area (Å²) in [4.78, 5) is 44.8. The Bertz CT molecular complexity index is 1420. The minimum atomic E-state index is -0.749. The van der Waals surface area contributed by atoms with Gasteiger partial charge in [-0.1, -0.05) is 73.7 Å². The van der Waals surface area contributed by atoms with Crippen LogP contribution in [0.4, 0.5) is 4.79 Å². The summed E-state index contributed by atoms with van der Waals surface area (Å²) in [6, 6.07) is 23.9. The third kappa shape index (κ3) is 5.43. The third-order valence-corrected chi connectivity index (χ3v) is 7.77. The second-order valence-corrected chi connectivity index (χ2v) is 10.4. The van der Waals surface area contributed by atoms with Crippen molar-refractivity contribution >= 4 is 17.8 Å². The molecule has 212 valence electrons. The van der Waals surface area contributed by atoms with E-state index in [1.165, 1.54) is 0 Å². The van der Waals surface area contributed by atoms with Crippen LogP contribution in [-0.2, 0) is 29.1 Å². The van der Waals surface area contributed by atoms with E-state index in [1.807, 2.05) is 85.8 Å². The molecule has 0 aromatic heterocycles. The molecule has 0 aliphatic carbocycles. The molecule has 3 aromatic carbocycles. The molecule has 41 heavy (non-hydrogen) atoms. The molecule has 2 saturated heterocycles. The molecule has 3 aromatic rings. The maximum absolute atomic E-state index is 14.1. The topological polar surface area (TPSA) is 94.7 Å². The molecule has 3 aliphatic heterocycles. The van der Waals surface area contributed by atoms with Crippen LogP contribution in [0.1, 0.15) is 23.6 Å². The number of nitrogens with zero attached hydrogens (tertiary/aromatic N) is 4. The van der Waals surface area contributed by atoms with E-state index in [1.54, 1.807) is 19.8 Å². The molecule has 4 amide bonds. The smallest absolute Gasteiger partial charge is 0.334 e. The van der Waals surface area contributed by atoms with Crippen molar-refractivity contribution in [2.24, 2.45) is 0 Å². The Labute approximate surface area is 239 Å². The van der Waals surface area contributed by atoms with E-state index in [4.69, 9.17) is 9.47 Å². The number of piperazine rings is 1. The Balaban J connectivity index is 1.32. The number of carbonyl (C=O) groups is 3. The highest BCUT2D eigenvalue weighted by atomic mass is 16.7. The normalized spacial score (nSPS) is 20.3. The maximum atomic E-state index is 14.1. The molecule has 3 heterocycles. The lowest BCUT2D eigenvalue weighted by Gasteiger charge is -2.55. The van der Waals surface area contributed by atoms with Gasteiger partial charge in [-0.25, -0.2) is 14.8 Å². The summed E-state index contributed by atoms with van der Waals surface area (Å²) in [6.45, 7) is 3.41. The first-order valence-corrected chi connectivity index (χ1v) is 13.9. The molecule has 2 atom stereocenters. The summed E-state index contributed by atoms with van der Waals surface area (Å²) >= 11 is 0. The first kappa shape index (κ1) is 26.6. The number of hydrazine groups is 1. The molecule has 0 unspecified atom stereocenters. The van der Waals surface area contributed by atoms with E-state index < -0.39 is 12.2 Å². The quantitative estimate of drug-likeness (QED) is 0.482. The predicted molar refractivity (Wildman–Crippen MR) is 150 cm³/mol. The van der Waals surface area contributed by atoms with Gasteiger partial charge in [-0.2, -0.15) is 0 Å². The largest absolute Gasteiger partial charge is 0.454 e. The van der Waals surface area contributed by atoms with Crippen molar-refractivity contribution in [2.75, 3.05) is 26.4 Å². The minimum absolute atomic E-state index is 0.0203. The summed E-state index contributed by atoms with van der Waals surface area (Å²) in [6.07, 6.45) is -0.307. The fourth-order valence-corrected chi connectivity index (χ4v) is 5.76. The van der Waals surface area contributed by atoms with Gasteiger partial charge in [-0.15, -0.1) is 0 Å². The Hall–Kier alpha value is -4.57. The average Bonchev–Trinajstić information content (AvgIpc) is 3.47. The van der Waals surface area contributed by atoms with E-state index in [0.29, 0.717) is 37.6 Å². The number of likely N-dealkylation sites (N-methyl/N-ethyl adjacent to an activating group) is 1. The molecule has 0 spiro atoms. The standard InChI is InChI=1S/C31H33N5O5/c1-2-34-20-29(37)35-25(15-22-9-5-3-6-10-22)30(38)33(18-24-13-14-26-27(16-24)41-21-40-26)19-28(35)36(34)31(39)32-17-23-11-7-4-8-12-23/h3-14,16,25,28H,2,15,17-21H2,1H3,(H,32,39)/t25-,28-/m0/s1. The van der Waals surface area contributed by atoms with Gasteiger partial charge in [0.1, 0.15) is 12.2 Å². The highest BCUT2D eigenvalue weighted by Gasteiger charge is 2.51.